The maximum Gasteiger partial charge on any atom is 0.275 e. The van der Waals surface area contributed by atoms with Crippen LogP contribution >= 0.6 is 15.9 Å². The summed E-state index contributed by atoms with van der Waals surface area (Å²) in [5, 5.41) is 5.05. The standard InChI is InChI=1S/C10H7BrN2O2/c11-7-8(10(15)13-9(7)14)12-6-4-2-1-3-5-6/h1-5H,(H2,12,13,14,15). The minimum atomic E-state index is -0.421. The van der Waals surface area contributed by atoms with Gasteiger partial charge < -0.3 is 5.32 Å². The second-order valence-corrected chi connectivity index (χ2v) is 3.76. The van der Waals surface area contributed by atoms with E-state index in [0.717, 1.165) is 5.69 Å². The molecular weight excluding hydrogens is 260 g/mol. The first kappa shape index (κ1) is 9.92. The molecule has 0 aliphatic carbocycles. The maximum absolute atomic E-state index is 11.3. The van der Waals surface area contributed by atoms with Crippen LogP contribution in [0, 0.1) is 0 Å². The Morgan fingerprint density at radius 3 is 2.27 bits per heavy atom. The lowest BCUT2D eigenvalue weighted by Crippen LogP contribution is -2.24. The summed E-state index contributed by atoms with van der Waals surface area (Å²) in [6.07, 6.45) is 0. The molecule has 0 saturated heterocycles. The molecule has 5 heteroatoms. The topological polar surface area (TPSA) is 58.2 Å². The Hall–Kier alpha value is -1.62. The van der Waals surface area contributed by atoms with Gasteiger partial charge in [-0.3, -0.25) is 14.9 Å². The van der Waals surface area contributed by atoms with Gasteiger partial charge in [0.05, 0.1) is 0 Å². The highest BCUT2D eigenvalue weighted by molar-refractivity contribution is 9.12. The van der Waals surface area contributed by atoms with Gasteiger partial charge >= 0.3 is 0 Å². The first-order chi connectivity index (χ1) is 7.18. The number of para-hydroxylation sites is 1. The molecule has 0 saturated carbocycles. The molecule has 0 atom stereocenters. The summed E-state index contributed by atoms with van der Waals surface area (Å²) in [6.45, 7) is 0. The van der Waals surface area contributed by atoms with Crippen molar-refractivity contribution in [1.29, 1.82) is 0 Å². The number of imide groups is 1. The van der Waals surface area contributed by atoms with Crippen LogP contribution in [0.1, 0.15) is 0 Å². The van der Waals surface area contributed by atoms with Crippen LogP contribution in [-0.2, 0) is 9.59 Å². The van der Waals surface area contributed by atoms with Crippen molar-refractivity contribution in [1.82, 2.24) is 5.32 Å². The Labute approximate surface area is 94.5 Å². The molecule has 0 radical (unpaired) electrons. The lowest BCUT2D eigenvalue weighted by atomic mass is 10.3. The molecule has 1 aliphatic rings. The van der Waals surface area contributed by atoms with Gasteiger partial charge in [0, 0.05) is 5.69 Å². The van der Waals surface area contributed by atoms with Crippen LogP contribution in [0.25, 0.3) is 0 Å². The van der Waals surface area contributed by atoms with Crippen molar-refractivity contribution in [2.24, 2.45) is 0 Å². The number of hydrogen-bond acceptors (Lipinski definition) is 3. The fourth-order valence-electron chi connectivity index (χ4n) is 1.21. The molecular formula is C10H7BrN2O2. The van der Waals surface area contributed by atoms with Crippen molar-refractivity contribution in [3.63, 3.8) is 0 Å². The maximum atomic E-state index is 11.3. The largest absolute Gasteiger partial charge is 0.350 e. The van der Waals surface area contributed by atoms with Crippen molar-refractivity contribution in [3.8, 4) is 0 Å². The van der Waals surface area contributed by atoms with E-state index in [-0.39, 0.29) is 10.2 Å². The number of rotatable bonds is 2. The van der Waals surface area contributed by atoms with E-state index >= 15 is 0 Å². The third kappa shape index (κ3) is 1.92. The third-order valence-corrected chi connectivity index (χ3v) is 2.67. The molecule has 1 heterocycles. The molecule has 15 heavy (non-hydrogen) atoms. The molecule has 2 amide bonds. The van der Waals surface area contributed by atoms with Crippen LogP contribution in [0.4, 0.5) is 5.69 Å². The molecule has 2 rings (SSSR count). The summed E-state index contributed by atoms with van der Waals surface area (Å²) in [5.41, 5.74) is 1.00. The highest BCUT2D eigenvalue weighted by Gasteiger charge is 2.28. The van der Waals surface area contributed by atoms with Crippen LogP contribution in [0.2, 0.25) is 0 Å². The van der Waals surface area contributed by atoms with Gasteiger partial charge in [0.2, 0.25) is 0 Å². The Kier molecular flexibility index (Phi) is 2.55. The molecule has 0 aromatic heterocycles. The summed E-state index contributed by atoms with van der Waals surface area (Å²) < 4.78 is 0.233. The molecule has 0 fully saturated rings. The van der Waals surface area contributed by atoms with Gasteiger partial charge in [-0.05, 0) is 28.1 Å². The predicted molar refractivity (Wildman–Crippen MR) is 59.2 cm³/mol. The summed E-state index contributed by atoms with van der Waals surface area (Å²) in [4.78, 5) is 22.4. The number of anilines is 1. The van der Waals surface area contributed by atoms with Crippen molar-refractivity contribution in [2.75, 3.05) is 5.32 Å². The number of nitrogens with one attached hydrogen (secondary N) is 2. The van der Waals surface area contributed by atoms with Gasteiger partial charge in [-0.25, -0.2) is 0 Å². The molecule has 1 aromatic rings. The van der Waals surface area contributed by atoms with E-state index in [2.05, 4.69) is 26.6 Å². The van der Waals surface area contributed by atoms with Crippen LogP contribution in [0.5, 0.6) is 0 Å². The summed E-state index contributed by atoms with van der Waals surface area (Å²) >= 11 is 3.05. The monoisotopic (exact) mass is 266 g/mol. The molecule has 76 valence electrons. The zero-order valence-electron chi connectivity index (χ0n) is 7.58. The number of hydrogen-bond donors (Lipinski definition) is 2. The van der Waals surface area contributed by atoms with Crippen molar-refractivity contribution in [3.05, 3.63) is 40.5 Å². The molecule has 2 N–H and O–H groups in total. The van der Waals surface area contributed by atoms with E-state index in [0.29, 0.717) is 0 Å². The number of benzene rings is 1. The molecule has 4 nitrogen and oxygen atoms in total. The SMILES string of the molecule is O=C1NC(=O)C(Nc2ccccc2)=C1Br. The van der Waals surface area contributed by atoms with Crippen LogP contribution in [-0.4, -0.2) is 11.8 Å². The lowest BCUT2D eigenvalue weighted by molar-refractivity contribution is -0.123. The minimum absolute atomic E-state index is 0.233. The van der Waals surface area contributed by atoms with E-state index in [1.54, 1.807) is 0 Å². The quantitative estimate of drug-likeness (QED) is 0.795. The Morgan fingerprint density at radius 2 is 1.73 bits per heavy atom. The lowest BCUT2D eigenvalue weighted by Gasteiger charge is -2.04. The minimum Gasteiger partial charge on any atom is -0.350 e. The van der Waals surface area contributed by atoms with Crippen LogP contribution in [0.3, 0.4) is 0 Å². The van der Waals surface area contributed by atoms with Gasteiger partial charge in [0.1, 0.15) is 10.2 Å². The highest BCUT2D eigenvalue weighted by atomic mass is 79.9. The van der Waals surface area contributed by atoms with Crippen LogP contribution in [0.15, 0.2) is 40.5 Å². The first-order valence-corrected chi connectivity index (χ1v) is 5.05. The predicted octanol–water partition coefficient (Wildman–Crippen LogP) is 1.36. The second kappa shape index (κ2) is 3.86. The van der Waals surface area contributed by atoms with Gasteiger partial charge in [-0.15, -0.1) is 0 Å². The average Bonchev–Trinajstić information content (AvgIpc) is 2.47. The smallest absolute Gasteiger partial charge is 0.275 e. The molecule has 0 bridgehead atoms. The average molecular weight is 267 g/mol. The molecule has 0 spiro atoms. The fraction of sp³-hybridized carbons (Fsp3) is 0. The van der Waals surface area contributed by atoms with Gasteiger partial charge in [0.15, 0.2) is 0 Å². The normalized spacial score (nSPS) is 15.5. The molecule has 0 unspecified atom stereocenters. The summed E-state index contributed by atoms with van der Waals surface area (Å²) in [5.74, 6) is -0.839. The Morgan fingerprint density at radius 1 is 1.07 bits per heavy atom. The summed E-state index contributed by atoms with van der Waals surface area (Å²) in [7, 11) is 0. The highest BCUT2D eigenvalue weighted by Crippen LogP contribution is 2.20. The van der Waals surface area contributed by atoms with Gasteiger partial charge in [-0.1, -0.05) is 18.2 Å². The van der Waals surface area contributed by atoms with E-state index in [4.69, 9.17) is 0 Å². The Bertz CT molecular complexity index is 454. The Balaban J connectivity index is 2.27. The van der Waals surface area contributed by atoms with Crippen molar-refractivity contribution in [2.45, 2.75) is 0 Å². The van der Waals surface area contributed by atoms with Gasteiger partial charge in [0.25, 0.3) is 11.8 Å². The van der Waals surface area contributed by atoms with E-state index in [1.165, 1.54) is 0 Å². The van der Waals surface area contributed by atoms with Crippen LogP contribution < -0.4 is 10.6 Å². The number of carbonyl (C=O) groups is 2. The third-order valence-electron chi connectivity index (χ3n) is 1.92. The zero-order valence-corrected chi connectivity index (χ0v) is 9.17. The molecule has 1 aliphatic heterocycles. The van der Waals surface area contributed by atoms with Crippen molar-refractivity contribution < 1.29 is 9.59 Å². The number of carbonyl (C=O) groups excluding carboxylic acids is 2. The van der Waals surface area contributed by atoms with E-state index in [9.17, 15) is 9.59 Å². The van der Waals surface area contributed by atoms with E-state index in [1.807, 2.05) is 30.3 Å². The first-order valence-electron chi connectivity index (χ1n) is 4.26. The van der Waals surface area contributed by atoms with E-state index < -0.39 is 11.8 Å². The number of amides is 2. The fourth-order valence-corrected chi connectivity index (χ4v) is 1.59. The zero-order chi connectivity index (χ0) is 10.8. The van der Waals surface area contributed by atoms with Gasteiger partial charge in [-0.2, -0.15) is 0 Å². The second-order valence-electron chi connectivity index (χ2n) is 2.96. The van der Waals surface area contributed by atoms with Crippen molar-refractivity contribution >= 4 is 33.4 Å². The number of halogens is 1. The molecule has 1 aromatic carbocycles. The summed E-state index contributed by atoms with van der Waals surface area (Å²) in [6, 6.07) is 9.16.